The Balaban J connectivity index is 1.53. The van der Waals surface area contributed by atoms with Crippen molar-refractivity contribution in [2.45, 2.75) is 5.37 Å². The quantitative estimate of drug-likeness (QED) is 0.876. The van der Waals surface area contributed by atoms with Gasteiger partial charge in [0.05, 0.1) is 5.69 Å². The Hall–Kier alpha value is -2.48. The molecular formula is C17H14F2N2O3S. The van der Waals surface area contributed by atoms with E-state index in [1.807, 2.05) is 18.2 Å². The van der Waals surface area contributed by atoms with Crippen LogP contribution >= 0.6 is 11.8 Å². The Morgan fingerprint density at radius 3 is 2.84 bits per heavy atom. The maximum atomic E-state index is 13.8. The second-order valence-corrected chi connectivity index (χ2v) is 6.77. The molecule has 2 aliphatic rings. The molecule has 0 radical (unpaired) electrons. The van der Waals surface area contributed by atoms with Gasteiger partial charge in [0.2, 0.25) is 6.79 Å². The summed E-state index contributed by atoms with van der Waals surface area (Å²) in [5, 5.41) is 2.30. The van der Waals surface area contributed by atoms with Crippen LogP contribution in [0.2, 0.25) is 0 Å². The molecule has 0 aromatic heterocycles. The largest absolute Gasteiger partial charge is 0.454 e. The molecule has 0 unspecified atom stereocenters. The van der Waals surface area contributed by atoms with Crippen LogP contribution in [-0.4, -0.2) is 30.0 Å². The van der Waals surface area contributed by atoms with Gasteiger partial charge in [-0.25, -0.2) is 13.6 Å². The van der Waals surface area contributed by atoms with Crippen LogP contribution < -0.4 is 14.8 Å². The Bertz CT molecular complexity index is 834. The molecule has 1 saturated heterocycles. The number of rotatable bonds is 2. The normalized spacial score (nSPS) is 18.5. The van der Waals surface area contributed by atoms with Crippen molar-refractivity contribution in [2.75, 3.05) is 24.4 Å². The fraction of sp³-hybridized carbons (Fsp3) is 0.235. The highest BCUT2D eigenvalue weighted by Crippen LogP contribution is 2.42. The summed E-state index contributed by atoms with van der Waals surface area (Å²) >= 11 is 1.61. The average molecular weight is 364 g/mol. The summed E-state index contributed by atoms with van der Waals surface area (Å²) in [6, 6.07) is 8.17. The number of ether oxygens (including phenoxy) is 2. The molecule has 8 heteroatoms. The molecule has 2 aliphatic heterocycles. The Kier molecular flexibility index (Phi) is 4.12. The second-order valence-electron chi connectivity index (χ2n) is 5.58. The highest BCUT2D eigenvalue weighted by molar-refractivity contribution is 7.99. The standard InChI is InChI=1S/C17H14F2N2O3S/c18-11-2-3-13(12(19)8-11)20-17(22)21-5-6-25-16(21)10-1-4-14-15(7-10)24-9-23-14/h1-4,7-8,16H,5-6,9H2,(H,20,22)/t16-/m1/s1. The summed E-state index contributed by atoms with van der Waals surface area (Å²) in [5.41, 5.74) is 0.856. The lowest BCUT2D eigenvalue weighted by Gasteiger charge is -2.24. The summed E-state index contributed by atoms with van der Waals surface area (Å²) in [6.07, 6.45) is 0. The lowest BCUT2D eigenvalue weighted by atomic mass is 10.2. The number of fused-ring (bicyclic) bond motifs is 1. The molecule has 2 aromatic rings. The van der Waals surface area contributed by atoms with Gasteiger partial charge >= 0.3 is 6.03 Å². The number of nitrogens with one attached hydrogen (secondary N) is 1. The van der Waals surface area contributed by atoms with Crippen molar-refractivity contribution in [3.05, 3.63) is 53.6 Å². The number of benzene rings is 2. The van der Waals surface area contributed by atoms with Gasteiger partial charge in [-0.3, -0.25) is 0 Å². The first-order valence-corrected chi connectivity index (χ1v) is 8.70. The molecule has 1 atom stereocenters. The average Bonchev–Trinajstić information content (AvgIpc) is 3.25. The summed E-state index contributed by atoms with van der Waals surface area (Å²) < 4.78 is 37.4. The number of thioether (sulfide) groups is 1. The number of amides is 2. The van der Waals surface area contributed by atoms with Crippen LogP contribution in [0.1, 0.15) is 10.9 Å². The van der Waals surface area contributed by atoms with Gasteiger partial charge in [-0.05, 0) is 29.8 Å². The maximum absolute atomic E-state index is 13.8. The van der Waals surface area contributed by atoms with E-state index in [-0.39, 0.29) is 17.9 Å². The molecule has 1 fully saturated rings. The fourth-order valence-electron chi connectivity index (χ4n) is 2.80. The van der Waals surface area contributed by atoms with Crippen LogP contribution in [0.3, 0.4) is 0 Å². The SMILES string of the molecule is O=C(Nc1ccc(F)cc1F)N1CCS[C@@H]1c1ccc2c(c1)OCO2. The zero-order valence-electron chi connectivity index (χ0n) is 13.0. The minimum absolute atomic E-state index is 0.0484. The Labute approximate surface area is 146 Å². The van der Waals surface area contributed by atoms with E-state index in [0.29, 0.717) is 18.0 Å². The van der Waals surface area contributed by atoms with Crippen molar-refractivity contribution in [1.29, 1.82) is 0 Å². The zero-order chi connectivity index (χ0) is 17.4. The fourth-order valence-corrected chi connectivity index (χ4v) is 4.04. The van der Waals surface area contributed by atoms with E-state index >= 15 is 0 Å². The summed E-state index contributed by atoms with van der Waals surface area (Å²) in [7, 11) is 0. The van der Waals surface area contributed by atoms with Gasteiger partial charge in [-0.1, -0.05) is 6.07 Å². The van der Waals surface area contributed by atoms with Crippen LogP contribution in [-0.2, 0) is 0 Å². The number of nitrogens with zero attached hydrogens (tertiary/aromatic N) is 1. The molecule has 130 valence electrons. The Morgan fingerprint density at radius 1 is 1.16 bits per heavy atom. The van der Waals surface area contributed by atoms with Gasteiger partial charge in [0.25, 0.3) is 0 Å². The van der Waals surface area contributed by atoms with Gasteiger partial charge in [-0.15, -0.1) is 11.8 Å². The van der Waals surface area contributed by atoms with E-state index in [1.165, 1.54) is 6.07 Å². The minimum Gasteiger partial charge on any atom is -0.454 e. The Morgan fingerprint density at radius 2 is 2.00 bits per heavy atom. The first-order chi connectivity index (χ1) is 12.1. The smallest absolute Gasteiger partial charge is 0.323 e. The third-order valence-corrected chi connectivity index (χ3v) is 5.27. The first kappa shape index (κ1) is 16.0. The first-order valence-electron chi connectivity index (χ1n) is 7.65. The van der Waals surface area contributed by atoms with Crippen molar-refractivity contribution < 1.29 is 23.0 Å². The van der Waals surface area contributed by atoms with Crippen LogP contribution in [0.4, 0.5) is 19.3 Å². The molecule has 25 heavy (non-hydrogen) atoms. The summed E-state index contributed by atoms with van der Waals surface area (Å²) in [5.74, 6) is 0.592. The molecule has 1 N–H and O–H groups in total. The molecule has 2 amide bonds. The summed E-state index contributed by atoms with van der Waals surface area (Å²) in [4.78, 5) is 14.2. The predicted molar refractivity (Wildman–Crippen MR) is 89.8 cm³/mol. The van der Waals surface area contributed by atoms with Crippen molar-refractivity contribution in [1.82, 2.24) is 4.90 Å². The zero-order valence-corrected chi connectivity index (χ0v) is 13.8. The highest BCUT2D eigenvalue weighted by atomic mass is 32.2. The van der Waals surface area contributed by atoms with E-state index in [1.54, 1.807) is 16.7 Å². The minimum atomic E-state index is -0.806. The van der Waals surface area contributed by atoms with Crippen molar-refractivity contribution in [3.8, 4) is 11.5 Å². The molecular weight excluding hydrogens is 350 g/mol. The lowest BCUT2D eigenvalue weighted by Crippen LogP contribution is -2.34. The van der Waals surface area contributed by atoms with E-state index in [4.69, 9.17) is 9.47 Å². The molecule has 0 spiro atoms. The van der Waals surface area contributed by atoms with Crippen LogP contribution in [0.5, 0.6) is 11.5 Å². The van der Waals surface area contributed by atoms with Crippen molar-refractivity contribution >= 4 is 23.5 Å². The van der Waals surface area contributed by atoms with Gasteiger partial charge < -0.3 is 19.7 Å². The molecule has 0 saturated carbocycles. The highest BCUT2D eigenvalue weighted by Gasteiger charge is 2.32. The van der Waals surface area contributed by atoms with Gasteiger partial charge in [0.1, 0.15) is 17.0 Å². The van der Waals surface area contributed by atoms with Gasteiger partial charge in [0.15, 0.2) is 11.5 Å². The van der Waals surface area contributed by atoms with E-state index < -0.39 is 17.7 Å². The van der Waals surface area contributed by atoms with Gasteiger partial charge in [0, 0.05) is 18.4 Å². The van der Waals surface area contributed by atoms with E-state index in [9.17, 15) is 13.6 Å². The van der Waals surface area contributed by atoms with Crippen molar-refractivity contribution in [3.63, 3.8) is 0 Å². The molecule has 2 aromatic carbocycles. The maximum Gasteiger partial charge on any atom is 0.323 e. The number of halogens is 2. The number of urea groups is 1. The van der Waals surface area contributed by atoms with Gasteiger partial charge in [-0.2, -0.15) is 0 Å². The monoisotopic (exact) mass is 364 g/mol. The van der Waals surface area contributed by atoms with E-state index in [2.05, 4.69) is 5.32 Å². The second kappa shape index (κ2) is 6.44. The number of carbonyl (C=O) groups is 1. The van der Waals surface area contributed by atoms with Crippen LogP contribution in [0.15, 0.2) is 36.4 Å². The number of anilines is 1. The number of carbonyl (C=O) groups excluding carboxylic acids is 1. The third-order valence-electron chi connectivity index (χ3n) is 4.01. The predicted octanol–water partition coefficient (Wildman–Crippen LogP) is 3.97. The molecule has 4 rings (SSSR count). The summed E-state index contributed by atoms with van der Waals surface area (Å²) in [6.45, 7) is 0.711. The topological polar surface area (TPSA) is 50.8 Å². The van der Waals surface area contributed by atoms with Crippen molar-refractivity contribution in [2.24, 2.45) is 0 Å². The van der Waals surface area contributed by atoms with E-state index in [0.717, 1.165) is 23.4 Å². The number of hydrogen-bond donors (Lipinski definition) is 1. The number of hydrogen-bond acceptors (Lipinski definition) is 4. The molecule has 2 heterocycles. The van der Waals surface area contributed by atoms with Crippen LogP contribution in [0, 0.1) is 11.6 Å². The molecule has 0 aliphatic carbocycles. The molecule has 0 bridgehead atoms. The lowest BCUT2D eigenvalue weighted by molar-refractivity contribution is 0.174. The third kappa shape index (κ3) is 3.09. The van der Waals surface area contributed by atoms with Crippen LogP contribution in [0.25, 0.3) is 0 Å². The molecule has 5 nitrogen and oxygen atoms in total.